The van der Waals surface area contributed by atoms with Crippen molar-refractivity contribution in [2.75, 3.05) is 19.8 Å². The van der Waals surface area contributed by atoms with Crippen LogP contribution in [0.15, 0.2) is 23.2 Å². The van der Waals surface area contributed by atoms with Crippen molar-refractivity contribution >= 4 is 29.3 Å². The normalized spacial score (nSPS) is 21.9. The molecule has 2 rings (SSSR count). The van der Waals surface area contributed by atoms with Gasteiger partial charge in [-0.05, 0) is 49.6 Å². The van der Waals surface area contributed by atoms with Crippen LogP contribution >= 0.6 is 23.4 Å². The van der Waals surface area contributed by atoms with Gasteiger partial charge >= 0.3 is 0 Å². The van der Waals surface area contributed by atoms with Crippen LogP contribution in [-0.4, -0.2) is 37.1 Å². The van der Waals surface area contributed by atoms with Crippen molar-refractivity contribution < 1.29 is 4.39 Å². The van der Waals surface area contributed by atoms with Crippen molar-refractivity contribution in [2.45, 2.75) is 37.0 Å². The van der Waals surface area contributed by atoms with E-state index in [0.29, 0.717) is 17.6 Å². The largest absolute Gasteiger partial charge is 0.356 e. The van der Waals surface area contributed by atoms with E-state index in [4.69, 9.17) is 11.6 Å². The van der Waals surface area contributed by atoms with E-state index < -0.39 is 0 Å². The first-order valence-corrected chi connectivity index (χ1v) is 9.23. The van der Waals surface area contributed by atoms with Crippen LogP contribution in [0, 0.1) is 5.82 Å². The van der Waals surface area contributed by atoms with E-state index in [-0.39, 0.29) is 5.82 Å². The van der Waals surface area contributed by atoms with E-state index in [9.17, 15) is 4.39 Å². The van der Waals surface area contributed by atoms with Gasteiger partial charge in [0.2, 0.25) is 0 Å². The Labute approximate surface area is 141 Å². The Kier molecular flexibility index (Phi) is 6.83. The summed E-state index contributed by atoms with van der Waals surface area (Å²) < 4.78 is 13.0. The zero-order chi connectivity index (χ0) is 15.9. The molecule has 2 unspecified atom stereocenters. The highest BCUT2D eigenvalue weighted by Crippen LogP contribution is 2.28. The van der Waals surface area contributed by atoms with Crippen molar-refractivity contribution in [3.63, 3.8) is 0 Å². The molecule has 1 aliphatic carbocycles. The van der Waals surface area contributed by atoms with E-state index in [2.05, 4.69) is 21.9 Å². The predicted molar refractivity (Wildman–Crippen MR) is 94.6 cm³/mol. The van der Waals surface area contributed by atoms with E-state index in [1.54, 1.807) is 13.1 Å². The molecule has 2 N–H and O–H groups in total. The number of aliphatic imine (C=N–C) groups is 1. The first kappa shape index (κ1) is 17.4. The number of guanidine groups is 1. The summed E-state index contributed by atoms with van der Waals surface area (Å²) in [4.78, 5) is 4.26. The average molecular weight is 344 g/mol. The number of benzene rings is 1. The topological polar surface area (TPSA) is 36.4 Å². The van der Waals surface area contributed by atoms with Crippen LogP contribution in [-0.2, 0) is 6.42 Å². The van der Waals surface area contributed by atoms with E-state index in [1.807, 2.05) is 11.8 Å². The minimum Gasteiger partial charge on any atom is -0.356 e. The lowest BCUT2D eigenvalue weighted by molar-refractivity contribution is 0.614. The molecule has 6 heteroatoms. The van der Waals surface area contributed by atoms with Gasteiger partial charge in [0.15, 0.2) is 5.96 Å². The molecule has 0 aromatic heterocycles. The molecular weight excluding hydrogens is 321 g/mol. The molecule has 122 valence electrons. The van der Waals surface area contributed by atoms with Gasteiger partial charge in [-0.3, -0.25) is 4.99 Å². The lowest BCUT2D eigenvalue weighted by Gasteiger charge is -2.17. The molecule has 0 spiro atoms. The van der Waals surface area contributed by atoms with Crippen molar-refractivity contribution in [3.05, 3.63) is 34.6 Å². The predicted octanol–water partition coefficient (Wildman–Crippen LogP) is 3.47. The van der Waals surface area contributed by atoms with Crippen molar-refractivity contribution in [1.29, 1.82) is 0 Å². The fraction of sp³-hybridized carbons (Fsp3) is 0.562. The van der Waals surface area contributed by atoms with Crippen LogP contribution in [0.1, 0.15) is 24.8 Å². The summed E-state index contributed by atoms with van der Waals surface area (Å²) in [6.07, 6.45) is 6.55. The van der Waals surface area contributed by atoms with Crippen molar-refractivity contribution in [1.82, 2.24) is 10.6 Å². The standard InChI is InChI=1S/C16H23ClFN3S/c1-19-16(21-13-5-6-14(10-13)22-2)20-8-7-11-3-4-12(18)9-15(11)17/h3-4,9,13-14H,5-8,10H2,1-2H3,(H2,19,20,21). The maximum absolute atomic E-state index is 13.0. The molecule has 1 saturated carbocycles. The number of hydrogen-bond donors (Lipinski definition) is 2. The third-order valence-electron chi connectivity index (χ3n) is 3.98. The summed E-state index contributed by atoms with van der Waals surface area (Å²) in [5, 5.41) is 8.00. The molecule has 2 atom stereocenters. The van der Waals surface area contributed by atoms with E-state index >= 15 is 0 Å². The van der Waals surface area contributed by atoms with Gasteiger partial charge in [-0.15, -0.1) is 0 Å². The van der Waals surface area contributed by atoms with Crippen LogP contribution in [0.25, 0.3) is 0 Å². The second kappa shape index (κ2) is 8.63. The molecule has 0 heterocycles. The number of nitrogens with zero attached hydrogens (tertiary/aromatic N) is 1. The minimum absolute atomic E-state index is 0.302. The summed E-state index contributed by atoms with van der Waals surface area (Å²) in [6, 6.07) is 5.02. The first-order valence-electron chi connectivity index (χ1n) is 7.56. The number of rotatable bonds is 5. The van der Waals surface area contributed by atoms with Crippen LogP contribution in [0.5, 0.6) is 0 Å². The molecule has 0 amide bonds. The number of thioether (sulfide) groups is 1. The lowest BCUT2D eigenvalue weighted by Crippen LogP contribution is -2.43. The fourth-order valence-corrected chi connectivity index (χ4v) is 3.77. The third-order valence-corrected chi connectivity index (χ3v) is 5.43. The van der Waals surface area contributed by atoms with Crippen LogP contribution in [0.2, 0.25) is 5.02 Å². The minimum atomic E-state index is -0.302. The van der Waals surface area contributed by atoms with Gasteiger partial charge in [-0.2, -0.15) is 11.8 Å². The van der Waals surface area contributed by atoms with Gasteiger partial charge in [-0.1, -0.05) is 17.7 Å². The third kappa shape index (κ3) is 5.06. The van der Waals surface area contributed by atoms with Gasteiger partial charge in [0.05, 0.1) is 0 Å². The summed E-state index contributed by atoms with van der Waals surface area (Å²) >= 11 is 7.98. The molecule has 1 aliphatic rings. The number of hydrogen-bond acceptors (Lipinski definition) is 2. The smallest absolute Gasteiger partial charge is 0.191 e. The van der Waals surface area contributed by atoms with Gasteiger partial charge < -0.3 is 10.6 Å². The maximum atomic E-state index is 13.0. The van der Waals surface area contributed by atoms with Crippen LogP contribution in [0.4, 0.5) is 4.39 Å². The Morgan fingerprint density at radius 1 is 1.45 bits per heavy atom. The molecule has 0 aliphatic heterocycles. The first-order chi connectivity index (χ1) is 10.6. The zero-order valence-corrected chi connectivity index (χ0v) is 14.6. The highest BCUT2D eigenvalue weighted by molar-refractivity contribution is 7.99. The fourth-order valence-electron chi connectivity index (χ4n) is 2.71. The Hall–Kier alpha value is -0.940. The lowest BCUT2D eigenvalue weighted by atomic mass is 10.1. The highest BCUT2D eigenvalue weighted by Gasteiger charge is 2.24. The summed E-state index contributed by atoms with van der Waals surface area (Å²) in [5.41, 5.74) is 0.939. The van der Waals surface area contributed by atoms with Gasteiger partial charge in [0, 0.05) is 29.9 Å². The second-order valence-corrected chi connectivity index (χ2v) is 7.04. The summed E-state index contributed by atoms with van der Waals surface area (Å²) in [6.45, 7) is 0.712. The van der Waals surface area contributed by atoms with Crippen molar-refractivity contribution in [2.24, 2.45) is 4.99 Å². The molecule has 0 saturated heterocycles. The van der Waals surface area contributed by atoms with Gasteiger partial charge in [0.25, 0.3) is 0 Å². The van der Waals surface area contributed by atoms with Crippen LogP contribution < -0.4 is 10.6 Å². The molecule has 22 heavy (non-hydrogen) atoms. The number of nitrogens with one attached hydrogen (secondary N) is 2. The molecule has 1 aromatic rings. The monoisotopic (exact) mass is 343 g/mol. The molecule has 1 aromatic carbocycles. The SMILES string of the molecule is CN=C(NCCc1ccc(F)cc1Cl)NC1CCC(SC)C1. The number of halogens is 2. The molecule has 3 nitrogen and oxygen atoms in total. The second-order valence-electron chi connectivity index (χ2n) is 5.50. The van der Waals surface area contributed by atoms with E-state index in [0.717, 1.165) is 23.2 Å². The molecular formula is C16H23ClFN3S. The zero-order valence-electron chi connectivity index (χ0n) is 13.0. The van der Waals surface area contributed by atoms with Gasteiger partial charge in [-0.25, -0.2) is 4.39 Å². The van der Waals surface area contributed by atoms with Crippen LogP contribution in [0.3, 0.4) is 0 Å². The quantitative estimate of drug-likeness (QED) is 0.635. The van der Waals surface area contributed by atoms with Gasteiger partial charge in [0.1, 0.15) is 5.82 Å². The summed E-state index contributed by atoms with van der Waals surface area (Å²) in [5.74, 6) is 0.522. The Bertz CT molecular complexity index is 524. The average Bonchev–Trinajstić information content (AvgIpc) is 2.96. The molecule has 0 bridgehead atoms. The van der Waals surface area contributed by atoms with E-state index in [1.165, 1.54) is 31.4 Å². The highest BCUT2D eigenvalue weighted by atomic mass is 35.5. The Morgan fingerprint density at radius 3 is 2.91 bits per heavy atom. The molecule has 0 radical (unpaired) electrons. The maximum Gasteiger partial charge on any atom is 0.191 e. The Balaban J connectivity index is 1.77. The van der Waals surface area contributed by atoms with Crippen molar-refractivity contribution in [3.8, 4) is 0 Å². The Morgan fingerprint density at radius 2 is 2.27 bits per heavy atom. The molecule has 1 fully saturated rings. The summed E-state index contributed by atoms with van der Waals surface area (Å²) in [7, 11) is 1.78.